The van der Waals surface area contributed by atoms with Crippen LogP contribution < -0.4 is 5.73 Å². The van der Waals surface area contributed by atoms with Crippen LogP contribution in [0.5, 0.6) is 0 Å². The monoisotopic (exact) mass is 248 g/mol. The number of hydrogen-bond acceptors (Lipinski definition) is 4. The molecule has 4 nitrogen and oxygen atoms in total. The Bertz CT molecular complexity index is 381. The second-order valence-electron chi connectivity index (χ2n) is 5.73. The molecule has 0 bridgehead atoms. The lowest BCUT2D eigenvalue weighted by Crippen LogP contribution is -2.56. The fraction of sp³-hybridized carbons (Fsp3) is 0.643. The van der Waals surface area contributed by atoms with Crippen molar-refractivity contribution in [1.29, 1.82) is 0 Å². The molecule has 2 N–H and O–H groups in total. The van der Waals surface area contributed by atoms with Gasteiger partial charge in [-0.15, -0.1) is 0 Å². The van der Waals surface area contributed by atoms with Crippen LogP contribution in [-0.4, -0.2) is 48.0 Å². The highest BCUT2D eigenvalue weighted by molar-refractivity contribution is 5.34. The smallest absolute Gasteiger partial charge is 0.0545 e. The predicted octanol–water partition coefficient (Wildman–Crippen LogP) is 1.58. The zero-order valence-electron chi connectivity index (χ0n) is 11.7. The molecule has 0 unspecified atom stereocenters. The molecule has 1 saturated carbocycles. The Balaban J connectivity index is 1.92. The number of anilines is 1. The molecule has 1 aliphatic carbocycles. The van der Waals surface area contributed by atoms with Crippen molar-refractivity contribution in [3.8, 4) is 0 Å². The van der Waals surface area contributed by atoms with Crippen LogP contribution in [0.3, 0.4) is 0 Å². The minimum atomic E-state index is 0.378. The van der Waals surface area contributed by atoms with E-state index in [1.54, 1.807) is 6.20 Å². The van der Waals surface area contributed by atoms with Crippen molar-refractivity contribution in [2.75, 3.05) is 33.4 Å². The van der Waals surface area contributed by atoms with Gasteiger partial charge in [-0.25, -0.2) is 0 Å². The average Bonchev–Trinajstić information content (AvgIpc) is 2.26. The Hall–Kier alpha value is -1.13. The molecular weight excluding hydrogens is 224 g/mol. The number of nitrogens with two attached hydrogens (primary N) is 1. The van der Waals surface area contributed by atoms with Crippen molar-refractivity contribution in [3.63, 3.8) is 0 Å². The molecule has 0 amide bonds. The number of hydrogen-bond donors (Lipinski definition) is 1. The Morgan fingerprint density at radius 2 is 2.00 bits per heavy atom. The molecule has 1 aromatic rings. The molecule has 0 spiro atoms. The summed E-state index contributed by atoms with van der Waals surface area (Å²) in [5.41, 5.74) is 7.83. The van der Waals surface area contributed by atoms with E-state index in [1.165, 1.54) is 19.3 Å². The largest absolute Gasteiger partial charge is 0.397 e. The average molecular weight is 248 g/mol. The topological polar surface area (TPSA) is 45.4 Å². The van der Waals surface area contributed by atoms with Crippen LogP contribution in [0.25, 0.3) is 0 Å². The second-order valence-corrected chi connectivity index (χ2v) is 5.73. The summed E-state index contributed by atoms with van der Waals surface area (Å²) in [6.45, 7) is 1.99. The fourth-order valence-electron chi connectivity index (χ4n) is 2.70. The molecule has 0 radical (unpaired) electrons. The van der Waals surface area contributed by atoms with Gasteiger partial charge < -0.3 is 10.6 Å². The lowest BCUT2D eigenvalue weighted by Gasteiger charge is -2.49. The molecule has 2 rings (SSSR count). The number of likely N-dealkylation sites (N-methyl/N-ethyl adjacent to an activating group) is 2. The first-order chi connectivity index (χ1) is 8.52. The Kier molecular flexibility index (Phi) is 3.88. The van der Waals surface area contributed by atoms with Gasteiger partial charge in [0, 0.05) is 18.6 Å². The van der Waals surface area contributed by atoms with E-state index in [2.05, 4.69) is 35.9 Å². The van der Waals surface area contributed by atoms with E-state index in [9.17, 15) is 0 Å². The van der Waals surface area contributed by atoms with E-state index >= 15 is 0 Å². The molecule has 0 aromatic carbocycles. The molecule has 0 aliphatic heterocycles. The number of nitrogens with zero attached hydrogens (tertiary/aromatic N) is 3. The van der Waals surface area contributed by atoms with Gasteiger partial charge in [-0.3, -0.25) is 9.88 Å². The molecular formula is C14H24N4. The maximum Gasteiger partial charge on any atom is 0.0545 e. The summed E-state index contributed by atoms with van der Waals surface area (Å²) in [6.07, 6.45) is 5.69. The second kappa shape index (κ2) is 5.24. The zero-order valence-corrected chi connectivity index (χ0v) is 11.7. The van der Waals surface area contributed by atoms with E-state index in [-0.39, 0.29) is 0 Å². The van der Waals surface area contributed by atoms with Crippen molar-refractivity contribution in [1.82, 2.24) is 14.8 Å². The molecule has 0 atom stereocenters. The highest BCUT2D eigenvalue weighted by Crippen LogP contribution is 2.36. The third-order valence-electron chi connectivity index (χ3n) is 4.08. The van der Waals surface area contributed by atoms with Gasteiger partial charge in [0.25, 0.3) is 0 Å². The standard InChI is InChI=1S/C14H24N4/c1-17(2)14(7-4-8-14)11-18(3)10-13-6-5-12(15)9-16-13/h5-6,9H,4,7-8,10-11,15H2,1-3H3. The lowest BCUT2D eigenvalue weighted by atomic mass is 9.75. The summed E-state index contributed by atoms with van der Waals surface area (Å²) in [5, 5.41) is 0. The number of pyridine rings is 1. The van der Waals surface area contributed by atoms with E-state index < -0.39 is 0 Å². The Labute approximate surface area is 110 Å². The van der Waals surface area contributed by atoms with Crippen LogP contribution in [0.1, 0.15) is 25.0 Å². The molecule has 1 fully saturated rings. The maximum atomic E-state index is 5.65. The van der Waals surface area contributed by atoms with Crippen molar-refractivity contribution >= 4 is 5.69 Å². The van der Waals surface area contributed by atoms with Gasteiger partial charge in [-0.05, 0) is 52.5 Å². The predicted molar refractivity (Wildman–Crippen MR) is 75.3 cm³/mol. The van der Waals surface area contributed by atoms with Crippen LogP contribution in [0.15, 0.2) is 18.3 Å². The van der Waals surface area contributed by atoms with Crippen LogP contribution in [0.2, 0.25) is 0 Å². The highest BCUT2D eigenvalue weighted by atomic mass is 15.2. The van der Waals surface area contributed by atoms with Gasteiger partial charge in [-0.1, -0.05) is 0 Å². The third kappa shape index (κ3) is 2.82. The van der Waals surface area contributed by atoms with E-state index in [0.29, 0.717) is 5.54 Å². The number of nitrogen functional groups attached to an aromatic ring is 1. The third-order valence-corrected chi connectivity index (χ3v) is 4.08. The number of aromatic nitrogens is 1. The van der Waals surface area contributed by atoms with Crippen LogP contribution in [0, 0.1) is 0 Å². The molecule has 1 aromatic heterocycles. The summed E-state index contributed by atoms with van der Waals surface area (Å²) < 4.78 is 0. The zero-order chi connectivity index (χ0) is 13.2. The molecule has 18 heavy (non-hydrogen) atoms. The lowest BCUT2D eigenvalue weighted by molar-refractivity contribution is 0.0256. The molecule has 1 aliphatic rings. The van der Waals surface area contributed by atoms with E-state index in [0.717, 1.165) is 24.5 Å². The first-order valence-corrected chi connectivity index (χ1v) is 6.58. The minimum Gasteiger partial charge on any atom is -0.397 e. The summed E-state index contributed by atoms with van der Waals surface area (Å²) >= 11 is 0. The van der Waals surface area contributed by atoms with E-state index in [4.69, 9.17) is 5.73 Å². The summed E-state index contributed by atoms with van der Waals surface area (Å²) in [7, 11) is 6.55. The first kappa shape index (κ1) is 13.3. The molecule has 4 heteroatoms. The van der Waals surface area contributed by atoms with Gasteiger partial charge in [0.05, 0.1) is 17.6 Å². The van der Waals surface area contributed by atoms with Gasteiger partial charge >= 0.3 is 0 Å². The van der Waals surface area contributed by atoms with Gasteiger partial charge in [-0.2, -0.15) is 0 Å². The van der Waals surface area contributed by atoms with Crippen molar-refractivity contribution in [3.05, 3.63) is 24.0 Å². The normalized spacial score (nSPS) is 18.1. The van der Waals surface area contributed by atoms with Crippen LogP contribution in [0.4, 0.5) is 5.69 Å². The molecule has 100 valence electrons. The van der Waals surface area contributed by atoms with Gasteiger partial charge in [0.15, 0.2) is 0 Å². The first-order valence-electron chi connectivity index (χ1n) is 6.58. The van der Waals surface area contributed by atoms with Crippen LogP contribution >= 0.6 is 0 Å². The minimum absolute atomic E-state index is 0.378. The van der Waals surface area contributed by atoms with Crippen molar-refractivity contribution in [2.45, 2.75) is 31.3 Å². The SMILES string of the molecule is CN(Cc1ccc(N)cn1)CC1(N(C)C)CCC1. The van der Waals surface area contributed by atoms with Gasteiger partial charge in [0.1, 0.15) is 0 Å². The molecule has 0 saturated heterocycles. The van der Waals surface area contributed by atoms with Crippen molar-refractivity contribution in [2.24, 2.45) is 0 Å². The van der Waals surface area contributed by atoms with Gasteiger partial charge in [0.2, 0.25) is 0 Å². The number of rotatable bonds is 5. The Morgan fingerprint density at radius 1 is 1.28 bits per heavy atom. The summed E-state index contributed by atoms with van der Waals surface area (Å²) in [4.78, 5) is 9.09. The Morgan fingerprint density at radius 3 is 2.44 bits per heavy atom. The van der Waals surface area contributed by atoms with Crippen LogP contribution in [-0.2, 0) is 6.54 Å². The maximum absolute atomic E-state index is 5.65. The fourth-order valence-corrected chi connectivity index (χ4v) is 2.70. The summed E-state index contributed by atoms with van der Waals surface area (Å²) in [6, 6.07) is 3.93. The van der Waals surface area contributed by atoms with E-state index in [1.807, 2.05) is 12.1 Å². The van der Waals surface area contributed by atoms with Crippen molar-refractivity contribution < 1.29 is 0 Å². The quantitative estimate of drug-likeness (QED) is 0.859. The molecule has 1 heterocycles. The highest BCUT2D eigenvalue weighted by Gasteiger charge is 2.39. The summed E-state index contributed by atoms with van der Waals surface area (Å²) in [5.74, 6) is 0.